The number of alkyl halides is 3. The van der Waals surface area contributed by atoms with Crippen LogP contribution in [0.15, 0.2) is 65.4 Å². The maximum absolute atomic E-state index is 13.8. The second-order valence-corrected chi connectivity index (χ2v) is 8.87. The number of halogens is 3. The fraction of sp³-hybridized carbons (Fsp3) is 0.241. The van der Waals surface area contributed by atoms with Gasteiger partial charge in [0.25, 0.3) is 5.91 Å². The molecule has 1 amide bonds. The van der Waals surface area contributed by atoms with E-state index in [1.807, 2.05) is 0 Å². The highest BCUT2D eigenvalue weighted by molar-refractivity contribution is 6.24. The summed E-state index contributed by atoms with van der Waals surface area (Å²) < 4.78 is 58.4. The highest BCUT2D eigenvalue weighted by Crippen LogP contribution is 2.40. The number of ether oxygens (including phenoxy) is 3. The molecule has 4 rings (SSSR count). The van der Waals surface area contributed by atoms with Crippen LogP contribution in [0.25, 0.3) is 11.8 Å². The molecule has 0 saturated carbocycles. The molecule has 204 valence electrons. The van der Waals surface area contributed by atoms with Gasteiger partial charge in [0, 0.05) is 23.2 Å². The van der Waals surface area contributed by atoms with E-state index < -0.39 is 23.6 Å². The van der Waals surface area contributed by atoms with Gasteiger partial charge in [-0.3, -0.25) is 9.69 Å². The summed E-state index contributed by atoms with van der Waals surface area (Å²) >= 11 is 0. The van der Waals surface area contributed by atoms with Crippen molar-refractivity contribution in [2.45, 2.75) is 26.9 Å². The summed E-state index contributed by atoms with van der Waals surface area (Å²) in [5.41, 5.74) is 1.54. The van der Waals surface area contributed by atoms with Gasteiger partial charge in [-0.15, -0.1) is 0 Å². The zero-order chi connectivity index (χ0) is 28.6. The third kappa shape index (κ3) is 4.78. The van der Waals surface area contributed by atoms with Gasteiger partial charge in [0.15, 0.2) is 11.5 Å². The molecule has 39 heavy (non-hydrogen) atoms. The maximum Gasteiger partial charge on any atom is 0.418 e. The Bertz CT molecular complexity index is 1530. The molecule has 1 aromatic heterocycles. The number of hydrogen-bond donors (Lipinski definition) is 0. The Balaban J connectivity index is 1.87. The van der Waals surface area contributed by atoms with Crippen LogP contribution >= 0.6 is 0 Å². The number of nitrogens with zero attached hydrogens (tertiary/aromatic N) is 2. The Labute approximate surface area is 223 Å². The van der Waals surface area contributed by atoms with E-state index in [4.69, 9.17) is 14.2 Å². The number of anilines is 1. The summed E-state index contributed by atoms with van der Waals surface area (Å²) in [4.78, 5) is 27.9. The zero-order valence-corrected chi connectivity index (χ0v) is 22.3. The van der Waals surface area contributed by atoms with Crippen molar-refractivity contribution in [3.8, 4) is 17.2 Å². The van der Waals surface area contributed by atoms with Gasteiger partial charge >= 0.3 is 12.1 Å². The number of amides is 1. The Morgan fingerprint density at radius 1 is 0.923 bits per heavy atom. The number of allylic oxidation sites excluding steroid dienone is 1. The van der Waals surface area contributed by atoms with Crippen LogP contribution in [0.1, 0.15) is 29.4 Å². The lowest BCUT2D eigenvalue weighted by molar-refractivity contribution is -0.137. The topological polar surface area (TPSA) is 70.0 Å². The number of benzene rings is 2. The number of hydrogen-bond acceptors (Lipinski definition) is 5. The quantitative estimate of drug-likeness (QED) is 0.283. The van der Waals surface area contributed by atoms with Crippen molar-refractivity contribution in [2.75, 3.05) is 26.2 Å². The molecule has 0 bridgehead atoms. The highest BCUT2D eigenvalue weighted by atomic mass is 19.4. The van der Waals surface area contributed by atoms with Crippen molar-refractivity contribution in [3.63, 3.8) is 0 Å². The third-order valence-electron chi connectivity index (χ3n) is 6.64. The van der Waals surface area contributed by atoms with Crippen LogP contribution in [-0.2, 0) is 20.5 Å². The fourth-order valence-electron chi connectivity index (χ4n) is 4.82. The van der Waals surface area contributed by atoms with E-state index in [1.54, 1.807) is 45.0 Å². The highest BCUT2D eigenvalue weighted by Gasteiger charge is 2.39. The number of rotatable bonds is 6. The molecule has 0 fully saturated rings. The average molecular weight is 541 g/mol. The lowest BCUT2D eigenvalue weighted by Crippen LogP contribution is -2.24. The van der Waals surface area contributed by atoms with E-state index in [0.29, 0.717) is 39.8 Å². The van der Waals surface area contributed by atoms with Crippen LogP contribution in [0, 0.1) is 13.8 Å². The minimum Gasteiger partial charge on any atom is -0.493 e. The Morgan fingerprint density at radius 2 is 1.59 bits per heavy atom. The Kier molecular flexibility index (Phi) is 7.32. The SMILES string of the molecule is COC(=O)C1=C(C)N(c2ccc(OC)c(OC)c2)C(=O)C1=Cc1cc(C)n(-c2ccccc2C(F)(F)F)c1C. The fourth-order valence-corrected chi connectivity index (χ4v) is 4.82. The maximum atomic E-state index is 13.8. The molecule has 0 saturated heterocycles. The number of carbonyl (C=O) groups excluding carboxylic acids is 2. The van der Waals surface area contributed by atoms with Gasteiger partial charge in [-0.2, -0.15) is 13.2 Å². The first-order valence-corrected chi connectivity index (χ1v) is 11.9. The Morgan fingerprint density at radius 3 is 2.21 bits per heavy atom. The molecule has 0 atom stereocenters. The summed E-state index contributed by atoms with van der Waals surface area (Å²) in [7, 11) is 4.17. The van der Waals surface area contributed by atoms with Crippen LogP contribution < -0.4 is 14.4 Å². The van der Waals surface area contributed by atoms with Gasteiger partial charge in [0.1, 0.15) is 0 Å². The minimum atomic E-state index is -4.56. The summed E-state index contributed by atoms with van der Waals surface area (Å²) in [6.07, 6.45) is -3.05. The lowest BCUT2D eigenvalue weighted by Gasteiger charge is -2.19. The van der Waals surface area contributed by atoms with Crippen LogP contribution in [0.5, 0.6) is 11.5 Å². The third-order valence-corrected chi connectivity index (χ3v) is 6.64. The van der Waals surface area contributed by atoms with Gasteiger partial charge < -0.3 is 18.8 Å². The van der Waals surface area contributed by atoms with Crippen molar-refractivity contribution in [1.29, 1.82) is 0 Å². The van der Waals surface area contributed by atoms with Gasteiger partial charge in [0.2, 0.25) is 0 Å². The molecule has 0 aliphatic carbocycles. The first kappa shape index (κ1) is 27.6. The molecule has 1 aliphatic heterocycles. The molecular weight excluding hydrogens is 513 g/mol. The van der Waals surface area contributed by atoms with E-state index in [0.717, 1.165) is 6.07 Å². The molecule has 2 heterocycles. The smallest absolute Gasteiger partial charge is 0.418 e. The molecule has 2 aromatic carbocycles. The van der Waals surface area contributed by atoms with Crippen molar-refractivity contribution in [3.05, 3.63) is 87.9 Å². The molecule has 3 aromatic rings. The second kappa shape index (κ2) is 10.4. The van der Waals surface area contributed by atoms with Crippen LogP contribution in [0.4, 0.5) is 18.9 Å². The van der Waals surface area contributed by atoms with Crippen molar-refractivity contribution in [1.82, 2.24) is 4.57 Å². The van der Waals surface area contributed by atoms with E-state index in [1.165, 1.54) is 55.1 Å². The van der Waals surface area contributed by atoms with Gasteiger partial charge in [-0.05, 0) is 62.7 Å². The molecule has 10 heteroatoms. The van der Waals surface area contributed by atoms with Crippen LogP contribution in [-0.4, -0.2) is 37.8 Å². The molecule has 0 radical (unpaired) electrons. The van der Waals surface area contributed by atoms with Gasteiger partial charge in [-0.1, -0.05) is 12.1 Å². The predicted molar refractivity (Wildman–Crippen MR) is 140 cm³/mol. The minimum absolute atomic E-state index is 0.0331. The van der Waals surface area contributed by atoms with E-state index in [9.17, 15) is 22.8 Å². The molecular formula is C29H27F3N2O5. The standard InChI is InChI=1S/C29H27F3N2O5/c1-16-13-19(17(2)33(16)23-10-8-7-9-22(23)29(30,31)32)14-21-26(28(36)39-6)18(3)34(27(21)35)20-11-12-24(37-4)25(15-20)38-5/h7-15H,1-6H3. The van der Waals surface area contributed by atoms with E-state index >= 15 is 0 Å². The average Bonchev–Trinajstić information content (AvgIpc) is 3.32. The number of aryl methyl sites for hydroxylation is 1. The summed E-state index contributed by atoms with van der Waals surface area (Å²) in [6, 6.07) is 11.9. The molecule has 7 nitrogen and oxygen atoms in total. The molecule has 0 N–H and O–H groups in total. The van der Waals surface area contributed by atoms with Crippen molar-refractivity contribution in [2.24, 2.45) is 0 Å². The number of esters is 1. The monoisotopic (exact) mass is 540 g/mol. The zero-order valence-electron chi connectivity index (χ0n) is 22.3. The van der Waals surface area contributed by atoms with E-state index in [-0.39, 0.29) is 16.8 Å². The number of methoxy groups -OCH3 is 3. The molecule has 0 unspecified atom stereocenters. The van der Waals surface area contributed by atoms with Crippen LogP contribution in [0.3, 0.4) is 0 Å². The predicted octanol–water partition coefficient (Wildman–Crippen LogP) is 6.01. The molecule has 0 spiro atoms. The van der Waals surface area contributed by atoms with Gasteiger partial charge in [0.05, 0.1) is 49.4 Å². The normalized spacial score (nSPS) is 14.8. The van der Waals surface area contributed by atoms with E-state index in [2.05, 4.69) is 0 Å². The summed E-state index contributed by atoms with van der Waals surface area (Å²) in [6.45, 7) is 4.95. The second-order valence-electron chi connectivity index (χ2n) is 8.87. The number of aromatic nitrogens is 1. The van der Waals surface area contributed by atoms with Crippen molar-refractivity contribution >= 4 is 23.6 Å². The van der Waals surface area contributed by atoms with Crippen molar-refractivity contribution < 1.29 is 37.0 Å². The summed E-state index contributed by atoms with van der Waals surface area (Å²) in [5, 5.41) is 0. The summed E-state index contributed by atoms with van der Waals surface area (Å²) in [5.74, 6) is -0.364. The van der Waals surface area contributed by atoms with Crippen LogP contribution in [0.2, 0.25) is 0 Å². The number of carbonyl (C=O) groups is 2. The Hall–Kier alpha value is -4.47. The number of para-hydroxylation sites is 1. The molecule has 1 aliphatic rings. The van der Waals surface area contributed by atoms with Gasteiger partial charge in [-0.25, -0.2) is 4.79 Å². The lowest BCUT2D eigenvalue weighted by atomic mass is 10.0. The first-order valence-electron chi connectivity index (χ1n) is 11.9. The largest absolute Gasteiger partial charge is 0.493 e. The first-order chi connectivity index (χ1) is 18.4.